The molecule has 0 saturated heterocycles. The van der Waals surface area contributed by atoms with Crippen LogP contribution in [0.5, 0.6) is 0 Å². The molecule has 10 heteroatoms. The number of nitrogens with one attached hydrogen (secondary N) is 2. The Hall–Kier alpha value is -2.59. The molecule has 28 heavy (non-hydrogen) atoms. The van der Waals surface area contributed by atoms with E-state index in [9.17, 15) is 24.3 Å². The Kier molecular flexibility index (Phi) is 10.0. The highest BCUT2D eigenvalue weighted by Crippen LogP contribution is 2.05. The van der Waals surface area contributed by atoms with Crippen molar-refractivity contribution in [3.05, 3.63) is 35.9 Å². The molecule has 3 atom stereocenters. The van der Waals surface area contributed by atoms with E-state index in [4.69, 9.17) is 11.5 Å². The van der Waals surface area contributed by atoms with Crippen molar-refractivity contribution in [3.63, 3.8) is 0 Å². The van der Waals surface area contributed by atoms with Gasteiger partial charge in [-0.1, -0.05) is 30.3 Å². The summed E-state index contributed by atoms with van der Waals surface area (Å²) in [5.41, 5.74) is 11.9. The van der Waals surface area contributed by atoms with Gasteiger partial charge in [0, 0.05) is 0 Å². The smallest absolute Gasteiger partial charge is 0.326 e. The molecule has 0 spiro atoms. The first-order valence-electron chi connectivity index (χ1n) is 8.64. The van der Waals surface area contributed by atoms with E-state index in [-0.39, 0.29) is 12.8 Å². The van der Waals surface area contributed by atoms with Crippen LogP contribution in [-0.4, -0.2) is 58.9 Å². The summed E-state index contributed by atoms with van der Waals surface area (Å²) >= 11 is 1.43. The number of hydrogen-bond acceptors (Lipinski definition) is 6. The van der Waals surface area contributed by atoms with Gasteiger partial charge in [0.2, 0.25) is 17.7 Å². The maximum Gasteiger partial charge on any atom is 0.326 e. The molecule has 0 aromatic heterocycles. The zero-order valence-corrected chi connectivity index (χ0v) is 16.4. The minimum Gasteiger partial charge on any atom is -0.480 e. The Morgan fingerprint density at radius 2 is 1.68 bits per heavy atom. The summed E-state index contributed by atoms with van der Waals surface area (Å²) < 4.78 is 0. The van der Waals surface area contributed by atoms with Gasteiger partial charge in [-0.2, -0.15) is 11.8 Å². The van der Waals surface area contributed by atoms with Gasteiger partial charge in [-0.15, -0.1) is 0 Å². The van der Waals surface area contributed by atoms with Gasteiger partial charge >= 0.3 is 5.97 Å². The summed E-state index contributed by atoms with van der Waals surface area (Å²) in [6.45, 7) is 0. The summed E-state index contributed by atoms with van der Waals surface area (Å²) in [6, 6.07) is 5.69. The number of carbonyl (C=O) groups excluding carboxylic acids is 3. The van der Waals surface area contributed by atoms with Crippen molar-refractivity contribution in [1.29, 1.82) is 0 Å². The molecule has 0 aliphatic rings. The normalized spacial score (nSPS) is 13.8. The Morgan fingerprint density at radius 1 is 1.07 bits per heavy atom. The molecular formula is C18H26N4O5S. The predicted octanol–water partition coefficient (Wildman–Crippen LogP) is -0.761. The highest BCUT2D eigenvalue weighted by molar-refractivity contribution is 7.98. The Balaban J connectivity index is 2.77. The predicted molar refractivity (Wildman–Crippen MR) is 106 cm³/mol. The summed E-state index contributed by atoms with van der Waals surface area (Å²) in [5.74, 6) is -2.93. The van der Waals surface area contributed by atoms with Crippen LogP contribution in [-0.2, 0) is 25.6 Å². The summed E-state index contributed by atoms with van der Waals surface area (Å²) in [6.07, 6.45) is 1.78. The molecule has 7 N–H and O–H groups in total. The third kappa shape index (κ3) is 8.40. The molecule has 0 unspecified atom stereocenters. The third-order valence-electron chi connectivity index (χ3n) is 3.90. The minimum atomic E-state index is -1.30. The van der Waals surface area contributed by atoms with Crippen LogP contribution >= 0.6 is 11.8 Å². The molecule has 0 saturated carbocycles. The lowest BCUT2D eigenvalue weighted by atomic mass is 10.0. The lowest BCUT2D eigenvalue weighted by molar-refractivity contribution is -0.142. The topological polar surface area (TPSA) is 165 Å². The molecule has 0 heterocycles. The second-order valence-corrected chi connectivity index (χ2v) is 7.19. The van der Waals surface area contributed by atoms with Crippen LogP contribution in [0.1, 0.15) is 18.4 Å². The summed E-state index contributed by atoms with van der Waals surface area (Å²) in [5, 5.41) is 14.0. The van der Waals surface area contributed by atoms with Crippen molar-refractivity contribution < 1.29 is 24.3 Å². The zero-order valence-electron chi connectivity index (χ0n) is 15.6. The molecule has 1 aromatic rings. The van der Waals surface area contributed by atoms with Gasteiger partial charge in [0.05, 0.1) is 12.5 Å². The van der Waals surface area contributed by atoms with Crippen molar-refractivity contribution in [1.82, 2.24) is 10.6 Å². The summed E-state index contributed by atoms with van der Waals surface area (Å²) in [7, 11) is 0. The van der Waals surface area contributed by atoms with Gasteiger partial charge in [0.15, 0.2) is 0 Å². The Bertz CT molecular complexity index is 686. The first-order chi connectivity index (χ1) is 13.2. The SMILES string of the molecule is CSCC[C@H](NC(=O)[C@H](CC(N)=O)NC(=O)[C@@H](N)Cc1ccccc1)C(=O)O. The van der Waals surface area contributed by atoms with E-state index in [0.717, 1.165) is 5.56 Å². The van der Waals surface area contributed by atoms with Gasteiger partial charge in [0.1, 0.15) is 12.1 Å². The van der Waals surface area contributed by atoms with E-state index in [1.807, 2.05) is 36.6 Å². The van der Waals surface area contributed by atoms with E-state index in [1.54, 1.807) is 0 Å². The first kappa shape index (κ1) is 23.4. The second-order valence-electron chi connectivity index (χ2n) is 6.21. The zero-order chi connectivity index (χ0) is 21.1. The van der Waals surface area contributed by atoms with Crippen LogP contribution in [0.15, 0.2) is 30.3 Å². The number of nitrogens with two attached hydrogens (primary N) is 2. The highest BCUT2D eigenvalue weighted by Gasteiger charge is 2.29. The van der Waals surface area contributed by atoms with E-state index in [1.165, 1.54) is 11.8 Å². The van der Waals surface area contributed by atoms with Gasteiger partial charge in [-0.3, -0.25) is 14.4 Å². The monoisotopic (exact) mass is 410 g/mol. The number of carboxylic acid groups (broad SMARTS) is 1. The number of aliphatic carboxylic acids is 1. The number of rotatable bonds is 12. The highest BCUT2D eigenvalue weighted by atomic mass is 32.2. The molecule has 154 valence electrons. The van der Waals surface area contributed by atoms with Crippen LogP contribution in [0.4, 0.5) is 0 Å². The van der Waals surface area contributed by atoms with Crippen molar-refractivity contribution in [3.8, 4) is 0 Å². The average Bonchev–Trinajstić information content (AvgIpc) is 2.64. The average molecular weight is 410 g/mol. The maximum absolute atomic E-state index is 12.4. The number of amides is 3. The van der Waals surface area contributed by atoms with Crippen molar-refractivity contribution in [2.45, 2.75) is 37.4 Å². The van der Waals surface area contributed by atoms with Crippen molar-refractivity contribution in [2.24, 2.45) is 11.5 Å². The fourth-order valence-corrected chi connectivity index (χ4v) is 2.89. The van der Waals surface area contributed by atoms with Gasteiger partial charge in [-0.05, 0) is 30.4 Å². The van der Waals surface area contributed by atoms with Crippen LogP contribution in [0, 0.1) is 0 Å². The van der Waals surface area contributed by atoms with Gasteiger partial charge in [0.25, 0.3) is 0 Å². The van der Waals surface area contributed by atoms with Crippen LogP contribution in [0.3, 0.4) is 0 Å². The van der Waals surface area contributed by atoms with Crippen LogP contribution in [0.2, 0.25) is 0 Å². The van der Waals surface area contributed by atoms with Crippen molar-refractivity contribution >= 4 is 35.5 Å². The molecule has 9 nitrogen and oxygen atoms in total. The largest absolute Gasteiger partial charge is 0.480 e. The number of primary amides is 1. The number of carboxylic acids is 1. The van der Waals surface area contributed by atoms with E-state index in [2.05, 4.69) is 10.6 Å². The van der Waals surface area contributed by atoms with Crippen molar-refractivity contribution in [2.75, 3.05) is 12.0 Å². The fraction of sp³-hybridized carbons (Fsp3) is 0.444. The quantitative estimate of drug-likeness (QED) is 0.302. The maximum atomic E-state index is 12.4. The minimum absolute atomic E-state index is 0.201. The van der Waals surface area contributed by atoms with Crippen LogP contribution in [0.25, 0.3) is 0 Å². The van der Waals surface area contributed by atoms with E-state index < -0.39 is 48.2 Å². The summed E-state index contributed by atoms with van der Waals surface area (Å²) in [4.78, 5) is 47.4. The molecule has 0 aliphatic carbocycles. The standard InChI is InChI=1S/C18H26N4O5S/c1-28-8-7-13(18(26)27)21-17(25)14(10-15(20)23)22-16(24)12(19)9-11-5-3-2-4-6-11/h2-6,12-14H,7-10,19H2,1H3,(H2,20,23)(H,21,25)(H,22,24)(H,26,27)/t12-,13-,14-/m0/s1. The molecule has 0 aliphatic heterocycles. The lowest BCUT2D eigenvalue weighted by Crippen LogP contribution is -2.55. The van der Waals surface area contributed by atoms with Gasteiger partial charge < -0.3 is 27.2 Å². The van der Waals surface area contributed by atoms with E-state index in [0.29, 0.717) is 5.75 Å². The second kappa shape index (κ2) is 12.0. The number of thioether (sulfide) groups is 1. The Morgan fingerprint density at radius 3 is 2.21 bits per heavy atom. The van der Waals surface area contributed by atoms with E-state index >= 15 is 0 Å². The first-order valence-corrected chi connectivity index (χ1v) is 10.0. The van der Waals surface area contributed by atoms with Gasteiger partial charge in [-0.25, -0.2) is 4.79 Å². The Labute approximate surface area is 167 Å². The molecule has 0 fully saturated rings. The lowest BCUT2D eigenvalue weighted by Gasteiger charge is -2.22. The molecule has 3 amide bonds. The number of carbonyl (C=O) groups is 4. The molecule has 1 rings (SSSR count). The molecule has 0 radical (unpaired) electrons. The molecule has 1 aromatic carbocycles. The number of hydrogen-bond donors (Lipinski definition) is 5. The van der Waals surface area contributed by atoms with Crippen LogP contribution < -0.4 is 22.1 Å². The molecular weight excluding hydrogens is 384 g/mol. The molecule has 0 bridgehead atoms. The third-order valence-corrected chi connectivity index (χ3v) is 4.54. The fourth-order valence-electron chi connectivity index (χ4n) is 2.42. The number of benzene rings is 1.